The maximum Gasteiger partial charge on any atom is 0.267 e. The number of para-hydroxylation sites is 1. The molecule has 0 saturated heterocycles. The number of alkyl halides is 2. The smallest absolute Gasteiger partial charge is 0.267 e. The second kappa shape index (κ2) is 5.81. The summed E-state index contributed by atoms with van der Waals surface area (Å²) in [6.07, 6.45) is 0.792. The summed E-state index contributed by atoms with van der Waals surface area (Å²) in [7, 11) is 0. The molecule has 2 heterocycles. The van der Waals surface area contributed by atoms with E-state index in [2.05, 4.69) is 4.98 Å². The van der Waals surface area contributed by atoms with Crippen molar-refractivity contribution in [1.29, 1.82) is 0 Å². The molecular weight excluding hydrogens is 371 g/mol. The average molecular weight is 383 g/mol. The number of hydrogen-bond donors (Lipinski definition) is 0. The molecule has 1 aliphatic carbocycles. The minimum Gasteiger partial charge on any atom is -0.268 e. The lowest BCUT2D eigenvalue weighted by Crippen LogP contribution is -2.21. The summed E-state index contributed by atoms with van der Waals surface area (Å²) >= 11 is 15.2. The van der Waals surface area contributed by atoms with Gasteiger partial charge in [-0.05, 0) is 30.0 Å². The highest BCUT2D eigenvalue weighted by atomic mass is 35.5. The Labute approximate surface area is 151 Å². The van der Waals surface area contributed by atoms with Crippen molar-refractivity contribution < 1.29 is 0 Å². The molecule has 0 aliphatic heterocycles. The first-order chi connectivity index (χ1) is 11.1. The Morgan fingerprint density at radius 2 is 2.04 bits per heavy atom. The Hall–Kier alpha value is -1.01. The topological polar surface area (TPSA) is 34.9 Å². The van der Waals surface area contributed by atoms with E-state index in [4.69, 9.17) is 23.2 Å². The van der Waals surface area contributed by atoms with Crippen LogP contribution in [-0.2, 0) is 0 Å². The van der Waals surface area contributed by atoms with Crippen molar-refractivity contribution in [1.82, 2.24) is 9.55 Å². The fourth-order valence-corrected chi connectivity index (χ4v) is 5.17. The molecule has 1 saturated carbocycles. The molecule has 0 amide bonds. The number of benzene rings is 1. The zero-order valence-electron chi connectivity index (χ0n) is 11.9. The number of rotatable bonds is 4. The van der Waals surface area contributed by atoms with Crippen molar-refractivity contribution in [3.8, 4) is 5.69 Å². The molecule has 3 nitrogen and oxygen atoms in total. The van der Waals surface area contributed by atoms with Gasteiger partial charge in [0.2, 0.25) is 0 Å². The molecule has 0 bridgehead atoms. The second-order valence-corrected chi connectivity index (χ2v) is 8.91. The maximum atomic E-state index is 12.9. The van der Waals surface area contributed by atoms with Crippen LogP contribution in [0.2, 0.25) is 0 Å². The first-order valence-corrected chi connectivity index (χ1v) is 9.75. The number of halogens is 2. The van der Waals surface area contributed by atoms with Gasteiger partial charge in [-0.3, -0.25) is 9.36 Å². The molecule has 0 spiro atoms. The summed E-state index contributed by atoms with van der Waals surface area (Å²) in [5.41, 5.74) is 0.781. The normalized spacial score (nSPS) is 19.1. The molecule has 0 radical (unpaired) electrons. The van der Waals surface area contributed by atoms with Crippen molar-refractivity contribution >= 4 is 56.5 Å². The maximum absolute atomic E-state index is 12.9. The SMILES string of the molecule is O=c1c2ccsc2nc(SCC2CC2(Cl)Cl)n1-c1ccccc1. The fourth-order valence-electron chi connectivity index (χ4n) is 2.42. The third kappa shape index (κ3) is 2.91. The third-order valence-electron chi connectivity index (χ3n) is 3.85. The predicted molar refractivity (Wildman–Crippen MR) is 98.5 cm³/mol. The van der Waals surface area contributed by atoms with Crippen LogP contribution in [0.25, 0.3) is 15.9 Å². The summed E-state index contributed by atoms with van der Waals surface area (Å²) in [4.78, 5) is 18.3. The molecule has 118 valence electrons. The van der Waals surface area contributed by atoms with E-state index < -0.39 is 4.33 Å². The van der Waals surface area contributed by atoms with E-state index in [1.165, 1.54) is 23.1 Å². The molecular formula is C16H12Cl2N2OS2. The molecule has 3 aromatic rings. The summed E-state index contributed by atoms with van der Waals surface area (Å²) in [5.74, 6) is 0.999. The Morgan fingerprint density at radius 3 is 2.74 bits per heavy atom. The van der Waals surface area contributed by atoms with E-state index in [1.807, 2.05) is 41.8 Å². The predicted octanol–water partition coefficient (Wildman–Crippen LogP) is 4.73. The van der Waals surface area contributed by atoms with E-state index in [9.17, 15) is 4.79 Å². The summed E-state index contributed by atoms with van der Waals surface area (Å²) < 4.78 is 1.06. The zero-order valence-corrected chi connectivity index (χ0v) is 15.1. The lowest BCUT2D eigenvalue weighted by atomic mass is 10.3. The monoisotopic (exact) mass is 382 g/mol. The quantitative estimate of drug-likeness (QED) is 0.371. The van der Waals surface area contributed by atoms with E-state index in [-0.39, 0.29) is 11.5 Å². The lowest BCUT2D eigenvalue weighted by Gasteiger charge is -2.12. The highest BCUT2D eigenvalue weighted by Gasteiger charge is 2.51. The molecule has 4 rings (SSSR count). The Morgan fingerprint density at radius 1 is 1.30 bits per heavy atom. The van der Waals surface area contributed by atoms with Crippen molar-refractivity contribution in [3.63, 3.8) is 0 Å². The van der Waals surface area contributed by atoms with Gasteiger partial charge in [-0.1, -0.05) is 30.0 Å². The number of nitrogens with zero attached hydrogens (tertiary/aromatic N) is 2. The van der Waals surface area contributed by atoms with E-state index in [0.29, 0.717) is 10.5 Å². The van der Waals surface area contributed by atoms with Gasteiger partial charge in [0.15, 0.2) is 5.16 Å². The number of fused-ring (bicyclic) bond motifs is 1. The van der Waals surface area contributed by atoms with Gasteiger partial charge in [0.1, 0.15) is 9.16 Å². The molecule has 0 N–H and O–H groups in total. The van der Waals surface area contributed by atoms with Gasteiger partial charge in [0, 0.05) is 11.7 Å². The zero-order chi connectivity index (χ0) is 16.0. The van der Waals surface area contributed by atoms with Gasteiger partial charge in [-0.15, -0.1) is 34.5 Å². The van der Waals surface area contributed by atoms with Gasteiger partial charge in [0.05, 0.1) is 11.1 Å². The standard InChI is InChI=1S/C16H12Cl2N2OS2/c17-16(18)8-10(16)9-23-15-19-13-12(6-7-22-13)14(21)20(15)11-4-2-1-3-5-11/h1-7,10H,8-9H2. The van der Waals surface area contributed by atoms with Gasteiger partial charge in [-0.2, -0.15) is 0 Å². The van der Waals surface area contributed by atoms with Gasteiger partial charge in [0.25, 0.3) is 5.56 Å². The summed E-state index contributed by atoms with van der Waals surface area (Å²) in [6.45, 7) is 0. The molecule has 2 aromatic heterocycles. The van der Waals surface area contributed by atoms with Crippen LogP contribution in [0.15, 0.2) is 51.7 Å². The van der Waals surface area contributed by atoms with Gasteiger partial charge >= 0.3 is 0 Å². The second-order valence-electron chi connectivity index (χ2n) is 5.48. The largest absolute Gasteiger partial charge is 0.268 e. The molecule has 1 fully saturated rings. The van der Waals surface area contributed by atoms with Crippen LogP contribution >= 0.6 is 46.3 Å². The minimum atomic E-state index is -0.613. The van der Waals surface area contributed by atoms with Crippen LogP contribution < -0.4 is 5.56 Å². The van der Waals surface area contributed by atoms with Crippen LogP contribution in [0.5, 0.6) is 0 Å². The van der Waals surface area contributed by atoms with Crippen molar-refractivity contribution in [3.05, 3.63) is 52.1 Å². The molecule has 7 heteroatoms. The van der Waals surface area contributed by atoms with Crippen LogP contribution in [0.1, 0.15) is 6.42 Å². The Kier molecular flexibility index (Phi) is 3.92. The lowest BCUT2D eigenvalue weighted by molar-refractivity contribution is 0.819. The van der Waals surface area contributed by atoms with Gasteiger partial charge < -0.3 is 0 Å². The van der Waals surface area contributed by atoms with Crippen LogP contribution in [0, 0.1) is 5.92 Å². The molecule has 1 unspecified atom stereocenters. The average Bonchev–Trinajstić information content (AvgIpc) is 2.94. The van der Waals surface area contributed by atoms with E-state index in [1.54, 1.807) is 4.57 Å². The van der Waals surface area contributed by atoms with E-state index in [0.717, 1.165) is 22.7 Å². The summed E-state index contributed by atoms with van der Waals surface area (Å²) in [5, 5.41) is 3.23. The van der Waals surface area contributed by atoms with Crippen molar-refractivity contribution in [2.75, 3.05) is 5.75 Å². The molecule has 23 heavy (non-hydrogen) atoms. The highest BCUT2D eigenvalue weighted by molar-refractivity contribution is 7.99. The Bertz CT molecular complexity index is 921. The van der Waals surface area contributed by atoms with Crippen LogP contribution in [0.4, 0.5) is 0 Å². The van der Waals surface area contributed by atoms with Crippen molar-refractivity contribution in [2.24, 2.45) is 5.92 Å². The number of thiophene rings is 1. The first-order valence-electron chi connectivity index (χ1n) is 7.12. The first kappa shape index (κ1) is 15.5. The molecule has 1 aliphatic rings. The fraction of sp³-hybridized carbons (Fsp3) is 0.250. The molecule has 1 aromatic carbocycles. The van der Waals surface area contributed by atoms with E-state index >= 15 is 0 Å². The van der Waals surface area contributed by atoms with Gasteiger partial charge in [-0.25, -0.2) is 4.98 Å². The minimum absolute atomic E-state index is 0.0382. The number of aromatic nitrogens is 2. The highest BCUT2D eigenvalue weighted by Crippen LogP contribution is 2.54. The third-order valence-corrected chi connectivity index (χ3v) is 6.68. The number of hydrogen-bond acceptors (Lipinski definition) is 4. The molecule has 1 atom stereocenters. The van der Waals surface area contributed by atoms with Crippen LogP contribution in [0.3, 0.4) is 0 Å². The number of thioether (sulfide) groups is 1. The summed E-state index contributed by atoms with van der Waals surface area (Å²) in [6, 6.07) is 11.4. The van der Waals surface area contributed by atoms with Crippen molar-refractivity contribution in [2.45, 2.75) is 15.9 Å². The Balaban J connectivity index is 1.79. The van der Waals surface area contributed by atoms with Crippen LogP contribution in [-0.4, -0.2) is 19.6 Å².